The summed E-state index contributed by atoms with van der Waals surface area (Å²) in [6.07, 6.45) is 0. The van der Waals surface area contributed by atoms with Crippen molar-refractivity contribution in [3.63, 3.8) is 0 Å². The summed E-state index contributed by atoms with van der Waals surface area (Å²) in [5, 5.41) is 7.70. The number of thiophene rings is 2. The molecule has 0 N–H and O–H groups in total. The zero-order chi connectivity index (χ0) is 32.3. The molecule has 0 bridgehead atoms. The molecule has 8 aromatic carbocycles. The smallest absolute Gasteiger partial charge is 0.0555 e. The van der Waals surface area contributed by atoms with Gasteiger partial charge in [-0.15, -0.1) is 22.7 Å². The molecule has 0 saturated heterocycles. The van der Waals surface area contributed by atoms with Crippen molar-refractivity contribution in [2.45, 2.75) is 0 Å². The van der Waals surface area contributed by atoms with Crippen molar-refractivity contribution >= 4 is 90.9 Å². The summed E-state index contributed by atoms with van der Waals surface area (Å²) >= 11 is 3.73. The van der Waals surface area contributed by atoms with Gasteiger partial charge in [-0.2, -0.15) is 0 Å². The lowest BCUT2D eigenvalue weighted by Crippen LogP contribution is -2.12. The largest absolute Gasteiger partial charge is 0.309 e. The molecule has 1 nitrogen and oxygen atoms in total. The third-order valence-corrected chi connectivity index (χ3v) is 11.9. The second-order valence-electron chi connectivity index (χ2n) is 12.5. The van der Waals surface area contributed by atoms with E-state index in [1.807, 2.05) is 22.7 Å². The zero-order valence-corrected chi connectivity index (χ0v) is 28.1. The summed E-state index contributed by atoms with van der Waals surface area (Å²) in [6, 6.07) is 64.5. The number of hydrogen-bond acceptors (Lipinski definition) is 3. The Kier molecular flexibility index (Phi) is 6.61. The van der Waals surface area contributed by atoms with Gasteiger partial charge in [0.15, 0.2) is 0 Å². The van der Waals surface area contributed by atoms with Crippen LogP contribution in [0.4, 0.5) is 17.1 Å². The Labute approximate surface area is 292 Å². The number of anilines is 3. The fourth-order valence-electron chi connectivity index (χ4n) is 7.41. The van der Waals surface area contributed by atoms with Gasteiger partial charge in [0, 0.05) is 51.5 Å². The number of para-hydroxylation sites is 2. The van der Waals surface area contributed by atoms with Crippen LogP contribution < -0.4 is 4.90 Å². The standard InChI is InChI=1S/C46H29NS2/c1-2-13-31-28-32(25-24-30(31)12-1)34-14-3-7-18-39(34)47(41-20-11-23-44-46(41)38-17-6-10-22-43(38)48-44)40-19-8-4-15-35(40)33-26-27-37-36-16-5-9-21-42(36)49-45(37)29-33/h1-29H. The van der Waals surface area contributed by atoms with Crippen LogP contribution in [-0.4, -0.2) is 0 Å². The monoisotopic (exact) mass is 659 g/mol. The quantitative estimate of drug-likeness (QED) is 0.178. The third-order valence-electron chi connectivity index (χ3n) is 9.66. The molecule has 0 fully saturated rings. The third kappa shape index (κ3) is 4.66. The topological polar surface area (TPSA) is 3.24 Å². The van der Waals surface area contributed by atoms with Gasteiger partial charge >= 0.3 is 0 Å². The molecule has 0 aliphatic rings. The van der Waals surface area contributed by atoms with Gasteiger partial charge in [0.2, 0.25) is 0 Å². The first kappa shape index (κ1) is 28.3. The van der Waals surface area contributed by atoms with Gasteiger partial charge in [0.25, 0.3) is 0 Å². The van der Waals surface area contributed by atoms with Gasteiger partial charge in [0.1, 0.15) is 0 Å². The van der Waals surface area contributed by atoms with E-state index >= 15 is 0 Å². The van der Waals surface area contributed by atoms with Crippen molar-refractivity contribution < 1.29 is 0 Å². The Morgan fingerprint density at radius 1 is 0.327 bits per heavy atom. The van der Waals surface area contributed by atoms with Crippen LogP contribution in [0.3, 0.4) is 0 Å². The molecule has 0 radical (unpaired) electrons. The van der Waals surface area contributed by atoms with Crippen LogP contribution in [0.5, 0.6) is 0 Å². The number of nitrogens with zero attached hydrogens (tertiary/aromatic N) is 1. The summed E-state index contributed by atoms with van der Waals surface area (Å²) < 4.78 is 5.22. The highest BCUT2D eigenvalue weighted by molar-refractivity contribution is 7.26. The van der Waals surface area contributed by atoms with Crippen molar-refractivity contribution in [3.05, 3.63) is 176 Å². The average Bonchev–Trinajstić information content (AvgIpc) is 3.74. The van der Waals surface area contributed by atoms with Crippen LogP contribution >= 0.6 is 22.7 Å². The van der Waals surface area contributed by atoms with E-state index in [0.717, 1.165) is 11.4 Å². The van der Waals surface area contributed by atoms with E-state index in [1.165, 1.54) is 79.1 Å². The number of benzene rings is 8. The van der Waals surface area contributed by atoms with Gasteiger partial charge in [0.05, 0.1) is 17.1 Å². The summed E-state index contributed by atoms with van der Waals surface area (Å²) in [7, 11) is 0. The Morgan fingerprint density at radius 3 is 1.65 bits per heavy atom. The summed E-state index contributed by atoms with van der Waals surface area (Å²) in [6.45, 7) is 0. The van der Waals surface area contributed by atoms with Crippen molar-refractivity contribution in [1.29, 1.82) is 0 Å². The molecule has 2 aromatic heterocycles. The number of hydrogen-bond donors (Lipinski definition) is 0. The van der Waals surface area contributed by atoms with E-state index in [4.69, 9.17) is 0 Å². The first-order valence-corrected chi connectivity index (χ1v) is 18.2. The summed E-state index contributed by atoms with van der Waals surface area (Å²) in [5.41, 5.74) is 8.29. The maximum atomic E-state index is 2.51. The van der Waals surface area contributed by atoms with E-state index < -0.39 is 0 Å². The van der Waals surface area contributed by atoms with E-state index in [2.05, 4.69) is 181 Å². The predicted octanol–water partition coefficient (Wildman–Crippen LogP) is 14.4. The fourth-order valence-corrected chi connectivity index (χ4v) is 9.68. The minimum absolute atomic E-state index is 1.15. The van der Waals surface area contributed by atoms with E-state index in [9.17, 15) is 0 Å². The average molecular weight is 660 g/mol. The lowest BCUT2D eigenvalue weighted by molar-refractivity contribution is 1.30. The molecule has 0 spiro atoms. The Bertz CT molecular complexity index is 2860. The van der Waals surface area contributed by atoms with Crippen LogP contribution in [0.25, 0.3) is 73.4 Å². The van der Waals surface area contributed by atoms with Gasteiger partial charge in [-0.05, 0) is 70.4 Å². The molecule has 230 valence electrons. The second kappa shape index (κ2) is 11.5. The molecule has 2 heterocycles. The van der Waals surface area contributed by atoms with Gasteiger partial charge < -0.3 is 4.90 Å². The zero-order valence-electron chi connectivity index (χ0n) is 26.5. The molecular weight excluding hydrogens is 631 g/mol. The van der Waals surface area contributed by atoms with Crippen molar-refractivity contribution in [2.75, 3.05) is 4.90 Å². The molecule has 10 aromatic rings. The van der Waals surface area contributed by atoms with Gasteiger partial charge in [-0.3, -0.25) is 0 Å². The lowest BCUT2D eigenvalue weighted by atomic mass is 9.96. The maximum Gasteiger partial charge on any atom is 0.0555 e. The minimum atomic E-state index is 1.15. The van der Waals surface area contributed by atoms with Crippen molar-refractivity contribution in [3.8, 4) is 22.3 Å². The number of rotatable bonds is 5. The molecule has 0 aliphatic carbocycles. The van der Waals surface area contributed by atoms with Gasteiger partial charge in [-0.1, -0.05) is 127 Å². The van der Waals surface area contributed by atoms with Crippen LogP contribution in [0, 0.1) is 0 Å². The molecule has 0 unspecified atom stereocenters. The van der Waals surface area contributed by atoms with Gasteiger partial charge in [-0.25, -0.2) is 0 Å². The van der Waals surface area contributed by atoms with Crippen LogP contribution in [-0.2, 0) is 0 Å². The summed E-state index contributed by atoms with van der Waals surface area (Å²) in [5.74, 6) is 0. The van der Waals surface area contributed by atoms with Crippen LogP contribution in [0.2, 0.25) is 0 Å². The Morgan fingerprint density at radius 2 is 0.857 bits per heavy atom. The second-order valence-corrected chi connectivity index (χ2v) is 14.7. The van der Waals surface area contributed by atoms with Crippen molar-refractivity contribution in [2.24, 2.45) is 0 Å². The van der Waals surface area contributed by atoms with E-state index in [0.29, 0.717) is 0 Å². The summed E-state index contributed by atoms with van der Waals surface area (Å²) in [4.78, 5) is 2.51. The Hall–Kier alpha value is -5.74. The normalized spacial score (nSPS) is 11.7. The van der Waals surface area contributed by atoms with E-state index in [1.54, 1.807) is 0 Å². The first-order chi connectivity index (χ1) is 24.3. The lowest BCUT2D eigenvalue weighted by Gasteiger charge is -2.30. The SMILES string of the molecule is c1ccc(N(c2ccccc2-c2ccc3c(c2)sc2ccccc23)c2cccc3sc4ccccc4c23)c(-c2ccc3ccccc3c2)c1. The Balaban J connectivity index is 1.26. The molecule has 0 amide bonds. The van der Waals surface area contributed by atoms with Crippen LogP contribution in [0.1, 0.15) is 0 Å². The maximum absolute atomic E-state index is 2.51. The highest BCUT2D eigenvalue weighted by Crippen LogP contribution is 2.50. The minimum Gasteiger partial charge on any atom is -0.309 e. The molecule has 3 heteroatoms. The predicted molar refractivity (Wildman–Crippen MR) is 215 cm³/mol. The highest BCUT2D eigenvalue weighted by atomic mass is 32.1. The van der Waals surface area contributed by atoms with E-state index in [-0.39, 0.29) is 0 Å². The molecule has 49 heavy (non-hydrogen) atoms. The molecule has 0 atom stereocenters. The molecular formula is C46H29NS2. The van der Waals surface area contributed by atoms with Crippen molar-refractivity contribution in [1.82, 2.24) is 0 Å². The fraction of sp³-hybridized carbons (Fsp3) is 0. The number of fused-ring (bicyclic) bond motifs is 7. The first-order valence-electron chi connectivity index (χ1n) is 16.6. The highest BCUT2D eigenvalue weighted by Gasteiger charge is 2.23. The molecule has 0 saturated carbocycles. The van der Waals surface area contributed by atoms with Crippen LogP contribution in [0.15, 0.2) is 176 Å². The molecule has 10 rings (SSSR count). The molecule has 0 aliphatic heterocycles.